The van der Waals surface area contributed by atoms with Gasteiger partial charge in [0.15, 0.2) is 0 Å². The first-order valence-electron chi connectivity index (χ1n) is 5.83. The number of nitrogens with zero attached hydrogens (tertiary/aromatic N) is 2. The summed E-state index contributed by atoms with van der Waals surface area (Å²) in [5.74, 6) is -0.734. The number of aromatic nitrogens is 2. The quantitative estimate of drug-likeness (QED) is 0.932. The number of alkyl halides is 3. The van der Waals surface area contributed by atoms with Gasteiger partial charge in [-0.05, 0) is 24.6 Å². The van der Waals surface area contributed by atoms with E-state index in [1.165, 1.54) is 6.92 Å². The molecule has 2 rings (SSSR count). The van der Waals surface area contributed by atoms with Crippen LogP contribution in [0.3, 0.4) is 0 Å². The van der Waals surface area contributed by atoms with Gasteiger partial charge in [0.25, 0.3) is 5.91 Å². The molecule has 1 amide bonds. The van der Waals surface area contributed by atoms with Crippen molar-refractivity contribution in [3.63, 3.8) is 0 Å². The highest BCUT2D eigenvalue weighted by Crippen LogP contribution is 2.36. The lowest BCUT2D eigenvalue weighted by Crippen LogP contribution is -2.18. The molecule has 0 fully saturated rings. The second-order valence-electron chi connectivity index (χ2n) is 4.26. The maximum atomic E-state index is 13.0. The Morgan fingerprint density at radius 2 is 2.05 bits per heavy atom. The Labute approximate surface area is 125 Å². The zero-order valence-electron chi connectivity index (χ0n) is 11.4. The largest absolute Gasteiger partial charge is 0.417 e. The minimum absolute atomic E-state index is 0.0207. The van der Waals surface area contributed by atoms with Crippen LogP contribution in [0.1, 0.15) is 21.5 Å². The predicted octanol–water partition coefficient (Wildman–Crippen LogP) is 2.39. The van der Waals surface area contributed by atoms with Gasteiger partial charge in [0, 0.05) is 11.8 Å². The highest BCUT2D eigenvalue weighted by molar-refractivity contribution is 7.84. The van der Waals surface area contributed by atoms with E-state index in [-0.39, 0.29) is 17.1 Å². The molecule has 1 N–H and O–H groups in total. The number of amides is 1. The fourth-order valence-corrected chi connectivity index (χ4v) is 2.96. The summed E-state index contributed by atoms with van der Waals surface area (Å²) in [6.07, 6.45) is -2.55. The van der Waals surface area contributed by atoms with Gasteiger partial charge in [0.05, 0.1) is 21.3 Å². The van der Waals surface area contributed by atoms with Crippen LogP contribution in [0.15, 0.2) is 27.8 Å². The average molecular weight is 333 g/mol. The van der Waals surface area contributed by atoms with Crippen LogP contribution < -0.4 is 5.32 Å². The minimum Gasteiger partial charge on any atom is -0.411 e. The molecule has 0 aliphatic heterocycles. The fraction of sp³-hybridized carbons (Fsp3) is 0.250. The number of nitrogens with one attached hydrogen (secondary N) is 1. The number of halogens is 3. The van der Waals surface area contributed by atoms with Crippen LogP contribution in [-0.2, 0) is 17.0 Å². The SMILES string of the molecule is Cc1c(C(=O)Nc2nnco2)ccc(C(F)(F)F)c1[S@@](C)=O. The molecule has 6 nitrogen and oxygen atoms in total. The minimum atomic E-state index is -4.66. The first kappa shape index (κ1) is 16.1. The Morgan fingerprint density at radius 1 is 1.36 bits per heavy atom. The van der Waals surface area contributed by atoms with Crippen molar-refractivity contribution in [2.75, 3.05) is 11.6 Å². The van der Waals surface area contributed by atoms with Crippen molar-refractivity contribution in [1.82, 2.24) is 10.2 Å². The zero-order valence-corrected chi connectivity index (χ0v) is 12.2. The van der Waals surface area contributed by atoms with Crippen molar-refractivity contribution in [2.45, 2.75) is 18.0 Å². The molecule has 1 aromatic carbocycles. The molecule has 0 saturated heterocycles. The summed E-state index contributed by atoms with van der Waals surface area (Å²) < 4.78 is 55.3. The molecule has 0 saturated carbocycles. The van der Waals surface area contributed by atoms with Gasteiger partial charge in [-0.1, -0.05) is 5.10 Å². The molecular weight excluding hydrogens is 323 g/mol. The highest BCUT2D eigenvalue weighted by Gasteiger charge is 2.36. The van der Waals surface area contributed by atoms with Crippen molar-refractivity contribution in [1.29, 1.82) is 0 Å². The summed E-state index contributed by atoms with van der Waals surface area (Å²) >= 11 is 0. The van der Waals surface area contributed by atoms with E-state index >= 15 is 0 Å². The molecule has 22 heavy (non-hydrogen) atoms. The van der Waals surface area contributed by atoms with Crippen LogP contribution in [0.4, 0.5) is 19.2 Å². The van der Waals surface area contributed by atoms with E-state index in [4.69, 9.17) is 4.42 Å². The molecule has 1 aromatic heterocycles. The lowest BCUT2D eigenvalue weighted by Gasteiger charge is -2.16. The van der Waals surface area contributed by atoms with E-state index in [9.17, 15) is 22.2 Å². The molecule has 0 aliphatic rings. The summed E-state index contributed by atoms with van der Waals surface area (Å²) in [6.45, 7) is 1.30. The van der Waals surface area contributed by atoms with Crippen LogP contribution in [0.2, 0.25) is 0 Å². The number of hydrogen-bond acceptors (Lipinski definition) is 5. The Kier molecular flexibility index (Phi) is 4.31. The van der Waals surface area contributed by atoms with Crippen molar-refractivity contribution >= 4 is 22.7 Å². The van der Waals surface area contributed by atoms with Crippen LogP contribution in [0, 0.1) is 6.92 Å². The summed E-state index contributed by atoms with van der Waals surface area (Å²) in [5.41, 5.74) is -1.11. The molecule has 118 valence electrons. The van der Waals surface area contributed by atoms with Crippen molar-refractivity contribution in [3.8, 4) is 0 Å². The summed E-state index contributed by atoms with van der Waals surface area (Å²) in [4.78, 5) is 11.6. The lowest BCUT2D eigenvalue weighted by atomic mass is 10.0. The molecule has 2 aromatic rings. The highest BCUT2D eigenvalue weighted by atomic mass is 32.2. The van der Waals surface area contributed by atoms with Gasteiger partial charge in [-0.3, -0.25) is 14.3 Å². The van der Waals surface area contributed by atoms with Gasteiger partial charge in [-0.25, -0.2) is 0 Å². The number of rotatable bonds is 3. The Morgan fingerprint density at radius 3 is 2.55 bits per heavy atom. The summed E-state index contributed by atoms with van der Waals surface area (Å²) in [7, 11) is -1.92. The van der Waals surface area contributed by atoms with Gasteiger partial charge in [-0.15, -0.1) is 5.10 Å². The van der Waals surface area contributed by atoms with Crippen LogP contribution >= 0.6 is 0 Å². The fourth-order valence-electron chi connectivity index (χ4n) is 1.92. The topological polar surface area (TPSA) is 85.1 Å². The number of carbonyl (C=O) groups is 1. The van der Waals surface area contributed by atoms with Crippen molar-refractivity contribution in [2.24, 2.45) is 0 Å². The number of hydrogen-bond donors (Lipinski definition) is 1. The molecule has 10 heteroatoms. The summed E-state index contributed by atoms with van der Waals surface area (Å²) in [6, 6.07) is 1.55. The van der Waals surface area contributed by atoms with E-state index in [0.29, 0.717) is 0 Å². The third-order valence-corrected chi connectivity index (χ3v) is 3.92. The van der Waals surface area contributed by atoms with E-state index < -0.39 is 33.3 Å². The predicted molar refractivity (Wildman–Crippen MR) is 70.8 cm³/mol. The number of carbonyl (C=O) groups excluding carboxylic acids is 1. The molecule has 0 aliphatic carbocycles. The molecule has 0 radical (unpaired) electrons. The third kappa shape index (κ3) is 3.16. The van der Waals surface area contributed by atoms with E-state index in [2.05, 4.69) is 15.5 Å². The van der Waals surface area contributed by atoms with Crippen LogP contribution in [-0.4, -0.2) is 26.6 Å². The molecule has 1 heterocycles. The number of benzene rings is 1. The Bertz CT molecular complexity index is 729. The van der Waals surface area contributed by atoms with E-state index in [1.54, 1.807) is 0 Å². The Hall–Kier alpha value is -2.23. The first-order chi connectivity index (χ1) is 10.2. The number of anilines is 1. The van der Waals surface area contributed by atoms with Crippen LogP contribution in [0.25, 0.3) is 0 Å². The lowest BCUT2D eigenvalue weighted by molar-refractivity contribution is -0.139. The van der Waals surface area contributed by atoms with Crippen molar-refractivity contribution < 1.29 is 26.6 Å². The zero-order chi connectivity index (χ0) is 16.5. The molecule has 1 atom stereocenters. The second-order valence-corrected chi connectivity index (χ2v) is 5.58. The van der Waals surface area contributed by atoms with Gasteiger partial charge in [-0.2, -0.15) is 13.2 Å². The maximum absolute atomic E-state index is 13.0. The molecule has 0 spiro atoms. The normalized spacial score (nSPS) is 13.0. The van der Waals surface area contributed by atoms with E-state index in [0.717, 1.165) is 24.8 Å². The van der Waals surface area contributed by atoms with Gasteiger partial charge >= 0.3 is 12.2 Å². The van der Waals surface area contributed by atoms with Gasteiger partial charge in [0.2, 0.25) is 6.39 Å². The van der Waals surface area contributed by atoms with Gasteiger partial charge < -0.3 is 4.42 Å². The standard InChI is InChI=1S/C12H10F3N3O3S/c1-6-7(10(19)17-11-18-16-5-21-11)3-4-8(12(13,14)15)9(6)22(2)20/h3-5H,1-2H3,(H,17,18,19)/t22-/m1/s1. The third-order valence-electron chi connectivity index (χ3n) is 2.82. The maximum Gasteiger partial charge on any atom is 0.417 e. The van der Waals surface area contributed by atoms with Crippen LogP contribution in [0.5, 0.6) is 0 Å². The second kappa shape index (κ2) is 5.87. The van der Waals surface area contributed by atoms with E-state index in [1.807, 2.05) is 0 Å². The van der Waals surface area contributed by atoms with Gasteiger partial charge in [0.1, 0.15) is 0 Å². The first-order valence-corrected chi connectivity index (χ1v) is 7.39. The Balaban J connectivity index is 2.48. The molecule has 0 unspecified atom stereocenters. The summed E-state index contributed by atoms with van der Waals surface area (Å²) in [5, 5.41) is 9.04. The van der Waals surface area contributed by atoms with Crippen molar-refractivity contribution in [3.05, 3.63) is 35.2 Å². The molecular formula is C12H10F3N3O3S. The smallest absolute Gasteiger partial charge is 0.411 e. The monoisotopic (exact) mass is 333 g/mol. The average Bonchev–Trinajstić information content (AvgIpc) is 2.89. The molecule has 0 bridgehead atoms.